The zero-order valence-electron chi connectivity index (χ0n) is 14.0. The molecule has 2 aromatic carbocycles. The van der Waals surface area contributed by atoms with E-state index in [-0.39, 0.29) is 6.61 Å². The minimum atomic E-state index is 0.0320. The van der Waals surface area contributed by atoms with Crippen LogP contribution in [0, 0.1) is 6.92 Å². The van der Waals surface area contributed by atoms with Crippen LogP contribution in [-0.4, -0.2) is 27.2 Å². The Morgan fingerprint density at radius 2 is 2.00 bits per heavy atom. The highest BCUT2D eigenvalue weighted by atomic mass is 32.1. The lowest BCUT2D eigenvalue weighted by molar-refractivity contribution is 0.181. The van der Waals surface area contributed by atoms with E-state index in [0.29, 0.717) is 6.61 Å². The van der Waals surface area contributed by atoms with Gasteiger partial charge in [-0.05, 0) is 42.3 Å². The fourth-order valence-electron chi connectivity index (χ4n) is 2.87. The number of thiazole rings is 1. The first-order valence-corrected chi connectivity index (χ1v) is 8.75. The second-order valence-electron chi connectivity index (χ2n) is 5.95. The minimum Gasteiger partial charge on any atom is -0.392 e. The highest BCUT2D eigenvalue weighted by molar-refractivity contribution is 7.21. The molecule has 4 aromatic rings. The van der Waals surface area contributed by atoms with E-state index in [1.165, 1.54) is 0 Å². The van der Waals surface area contributed by atoms with Gasteiger partial charge in [0.05, 0.1) is 46.4 Å². The number of methoxy groups -OCH3 is 1. The van der Waals surface area contributed by atoms with Gasteiger partial charge in [0.1, 0.15) is 5.01 Å². The average Bonchev–Trinajstić information content (AvgIpc) is 3.03. The van der Waals surface area contributed by atoms with E-state index in [0.717, 1.165) is 48.6 Å². The predicted molar refractivity (Wildman–Crippen MR) is 99.5 cm³/mol. The summed E-state index contributed by atoms with van der Waals surface area (Å²) in [6.07, 6.45) is 1.75. The van der Waals surface area contributed by atoms with E-state index in [1.54, 1.807) is 24.6 Å². The van der Waals surface area contributed by atoms with Crippen molar-refractivity contribution in [2.75, 3.05) is 7.11 Å². The molecule has 0 bridgehead atoms. The molecular formula is C19H17N3O2S. The van der Waals surface area contributed by atoms with Crippen molar-refractivity contribution in [2.45, 2.75) is 20.1 Å². The molecule has 2 heterocycles. The fraction of sp³-hybridized carbons (Fsp3) is 0.211. The van der Waals surface area contributed by atoms with E-state index in [4.69, 9.17) is 9.72 Å². The molecule has 6 heteroatoms. The lowest BCUT2D eigenvalue weighted by Gasteiger charge is -2.06. The number of aromatic nitrogens is 3. The Balaban J connectivity index is 1.90. The van der Waals surface area contributed by atoms with Crippen molar-refractivity contribution >= 4 is 32.6 Å². The van der Waals surface area contributed by atoms with Crippen LogP contribution in [0.2, 0.25) is 0 Å². The molecule has 0 aliphatic heterocycles. The van der Waals surface area contributed by atoms with Crippen LogP contribution in [-0.2, 0) is 18.0 Å². The van der Waals surface area contributed by atoms with Crippen LogP contribution in [0.3, 0.4) is 0 Å². The second-order valence-corrected chi connectivity index (χ2v) is 6.98. The summed E-state index contributed by atoms with van der Waals surface area (Å²) in [6, 6.07) is 9.95. The van der Waals surface area contributed by atoms with Gasteiger partial charge in [-0.1, -0.05) is 6.07 Å². The standard InChI is InChI=1S/C19H17N3O2S/c1-11-5-14(18-16(6-11)21-13(8-20-18)10-24-2)19-22-15-4-3-12(9-23)7-17(15)25-19/h3-8,23H,9-10H2,1-2H3. The molecule has 4 rings (SSSR count). The summed E-state index contributed by atoms with van der Waals surface area (Å²) in [5.74, 6) is 0. The normalized spacial score (nSPS) is 11.5. The van der Waals surface area contributed by atoms with Crippen molar-refractivity contribution in [1.82, 2.24) is 15.0 Å². The molecule has 126 valence electrons. The number of aliphatic hydroxyl groups is 1. The van der Waals surface area contributed by atoms with E-state index in [1.807, 2.05) is 31.2 Å². The van der Waals surface area contributed by atoms with Crippen LogP contribution < -0.4 is 0 Å². The number of hydrogen-bond donors (Lipinski definition) is 1. The van der Waals surface area contributed by atoms with E-state index in [2.05, 4.69) is 16.0 Å². The summed E-state index contributed by atoms with van der Waals surface area (Å²) < 4.78 is 6.21. The van der Waals surface area contributed by atoms with Crippen molar-refractivity contribution in [3.63, 3.8) is 0 Å². The molecule has 0 aliphatic rings. The lowest BCUT2D eigenvalue weighted by Crippen LogP contribution is -1.96. The van der Waals surface area contributed by atoms with Crippen molar-refractivity contribution in [1.29, 1.82) is 0 Å². The number of aliphatic hydroxyl groups excluding tert-OH is 1. The van der Waals surface area contributed by atoms with Gasteiger partial charge in [0.15, 0.2) is 0 Å². The number of nitrogens with zero attached hydrogens (tertiary/aromatic N) is 3. The van der Waals surface area contributed by atoms with E-state index >= 15 is 0 Å². The summed E-state index contributed by atoms with van der Waals surface area (Å²) in [5.41, 5.74) is 6.41. The molecule has 2 aromatic heterocycles. The first-order chi connectivity index (χ1) is 12.2. The Morgan fingerprint density at radius 3 is 2.80 bits per heavy atom. The highest BCUT2D eigenvalue weighted by Gasteiger charge is 2.13. The first kappa shape index (κ1) is 16.1. The number of ether oxygens (including phenoxy) is 1. The van der Waals surface area contributed by atoms with Crippen LogP contribution in [0.5, 0.6) is 0 Å². The van der Waals surface area contributed by atoms with Gasteiger partial charge in [-0.2, -0.15) is 0 Å². The summed E-state index contributed by atoms with van der Waals surface area (Å²) >= 11 is 1.60. The van der Waals surface area contributed by atoms with Gasteiger partial charge in [-0.15, -0.1) is 11.3 Å². The fourth-order valence-corrected chi connectivity index (χ4v) is 3.91. The molecule has 0 spiro atoms. The Bertz CT molecular complexity index is 1080. The van der Waals surface area contributed by atoms with Gasteiger partial charge in [0.25, 0.3) is 0 Å². The third-order valence-electron chi connectivity index (χ3n) is 4.00. The quantitative estimate of drug-likeness (QED) is 0.605. The maximum atomic E-state index is 9.32. The minimum absolute atomic E-state index is 0.0320. The molecule has 5 nitrogen and oxygen atoms in total. The monoisotopic (exact) mass is 351 g/mol. The third kappa shape index (κ3) is 3.00. The molecule has 0 unspecified atom stereocenters. The number of rotatable bonds is 4. The topological polar surface area (TPSA) is 68.1 Å². The summed E-state index contributed by atoms with van der Waals surface area (Å²) in [7, 11) is 1.65. The zero-order valence-corrected chi connectivity index (χ0v) is 14.8. The first-order valence-electron chi connectivity index (χ1n) is 7.94. The van der Waals surface area contributed by atoms with Gasteiger partial charge in [-0.25, -0.2) is 9.97 Å². The maximum absolute atomic E-state index is 9.32. The average molecular weight is 351 g/mol. The Kier molecular flexibility index (Phi) is 4.17. The number of benzene rings is 2. The maximum Gasteiger partial charge on any atom is 0.126 e. The summed E-state index contributed by atoms with van der Waals surface area (Å²) in [4.78, 5) is 14.0. The molecule has 0 atom stereocenters. The van der Waals surface area contributed by atoms with E-state index in [9.17, 15) is 5.11 Å². The Labute approximate surface area is 149 Å². The smallest absolute Gasteiger partial charge is 0.126 e. The van der Waals surface area contributed by atoms with Gasteiger partial charge in [-0.3, -0.25) is 4.98 Å². The number of hydrogen-bond acceptors (Lipinski definition) is 6. The SMILES string of the molecule is COCc1cnc2c(-c3nc4ccc(CO)cc4s3)cc(C)cc2n1. The molecule has 0 aliphatic carbocycles. The van der Waals surface area contributed by atoms with E-state index < -0.39 is 0 Å². The van der Waals surface area contributed by atoms with Gasteiger partial charge < -0.3 is 9.84 Å². The van der Waals surface area contributed by atoms with Crippen LogP contribution in [0.15, 0.2) is 36.5 Å². The van der Waals surface area contributed by atoms with Gasteiger partial charge >= 0.3 is 0 Å². The molecule has 0 amide bonds. The van der Waals surface area contributed by atoms with Crippen molar-refractivity contribution in [2.24, 2.45) is 0 Å². The molecule has 0 saturated heterocycles. The summed E-state index contributed by atoms with van der Waals surface area (Å²) in [5, 5.41) is 10.2. The van der Waals surface area contributed by atoms with Crippen molar-refractivity contribution in [3.05, 3.63) is 53.3 Å². The molecule has 1 N–H and O–H groups in total. The largest absolute Gasteiger partial charge is 0.392 e. The van der Waals surface area contributed by atoms with Gasteiger partial charge in [0.2, 0.25) is 0 Å². The summed E-state index contributed by atoms with van der Waals surface area (Å²) in [6.45, 7) is 2.52. The molecular weight excluding hydrogens is 334 g/mol. The second kappa shape index (κ2) is 6.48. The Morgan fingerprint density at radius 1 is 1.12 bits per heavy atom. The molecule has 0 radical (unpaired) electrons. The highest BCUT2D eigenvalue weighted by Crippen LogP contribution is 2.34. The number of aryl methyl sites for hydroxylation is 1. The molecule has 25 heavy (non-hydrogen) atoms. The zero-order chi connectivity index (χ0) is 17.4. The van der Waals surface area contributed by atoms with Crippen LogP contribution in [0.25, 0.3) is 31.8 Å². The van der Waals surface area contributed by atoms with Crippen LogP contribution >= 0.6 is 11.3 Å². The molecule has 0 saturated carbocycles. The molecule has 0 fully saturated rings. The third-order valence-corrected chi connectivity index (χ3v) is 5.05. The predicted octanol–water partition coefficient (Wildman–Crippen LogP) is 3.85. The van der Waals surface area contributed by atoms with Crippen molar-refractivity contribution in [3.8, 4) is 10.6 Å². The van der Waals surface area contributed by atoms with Gasteiger partial charge in [0, 0.05) is 12.7 Å². The number of fused-ring (bicyclic) bond motifs is 2. The lowest BCUT2D eigenvalue weighted by atomic mass is 10.1. The Hall–Kier alpha value is -2.41. The van der Waals surface area contributed by atoms with Crippen LogP contribution in [0.1, 0.15) is 16.8 Å². The van der Waals surface area contributed by atoms with Crippen LogP contribution in [0.4, 0.5) is 0 Å². The van der Waals surface area contributed by atoms with Crippen molar-refractivity contribution < 1.29 is 9.84 Å².